The molecule has 0 bridgehead atoms. The lowest BCUT2D eigenvalue weighted by atomic mass is 9.82. The van der Waals surface area contributed by atoms with Crippen molar-refractivity contribution in [3.63, 3.8) is 0 Å². The molecule has 4 nitrogen and oxygen atoms in total. The zero-order chi connectivity index (χ0) is 21.4. The first-order chi connectivity index (χ1) is 14.3. The molecule has 1 aliphatic heterocycles. The zero-order valence-corrected chi connectivity index (χ0v) is 19.2. The van der Waals surface area contributed by atoms with Crippen LogP contribution in [0.1, 0.15) is 89.0 Å². The molecule has 1 fully saturated rings. The summed E-state index contributed by atoms with van der Waals surface area (Å²) in [6.07, 6.45) is 8.60. The summed E-state index contributed by atoms with van der Waals surface area (Å²) in [5, 5.41) is 8.91. The predicted molar refractivity (Wildman–Crippen MR) is 122 cm³/mol. The Morgan fingerprint density at radius 3 is 2.50 bits per heavy atom. The number of rotatable bonds is 7. The first-order valence-corrected chi connectivity index (χ1v) is 11.7. The number of aliphatic hydroxyl groups is 1. The zero-order valence-electron chi connectivity index (χ0n) is 19.2. The number of fused-ring (bicyclic) bond motifs is 1. The van der Waals surface area contributed by atoms with E-state index in [1.807, 2.05) is 6.26 Å². The molecule has 4 heteroatoms. The summed E-state index contributed by atoms with van der Waals surface area (Å²) in [7, 11) is 0. The summed E-state index contributed by atoms with van der Waals surface area (Å²) in [5.74, 6) is 1.26. The third-order valence-corrected chi connectivity index (χ3v) is 7.27. The van der Waals surface area contributed by atoms with Crippen molar-refractivity contribution in [2.24, 2.45) is 0 Å². The fourth-order valence-corrected chi connectivity index (χ4v) is 5.81. The lowest BCUT2D eigenvalue weighted by molar-refractivity contribution is 0.203. The molecule has 4 rings (SSSR count). The Bertz CT molecular complexity index is 860. The largest absolute Gasteiger partial charge is 0.444 e. The minimum atomic E-state index is 0.189. The van der Waals surface area contributed by atoms with Crippen LogP contribution in [-0.2, 0) is 10.8 Å². The van der Waals surface area contributed by atoms with Crippen LogP contribution in [0.2, 0.25) is 0 Å². The number of hydrogen-bond donors (Lipinski definition) is 1. The van der Waals surface area contributed by atoms with Gasteiger partial charge in [-0.2, -0.15) is 0 Å². The standard InChI is InChI=1S/C26H38N2O2/c1-25(2)18-26(3,4)22-16-20(8-9-21(22)25)24-27-23(17-30-24)19-10-13-28(14-11-19)12-6-5-7-15-29/h8-9,16-17,19,29H,5-7,10-15,18H2,1-4H3. The van der Waals surface area contributed by atoms with E-state index in [1.54, 1.807) is 0 Å². The van der Waals surface area contributed by atoms with Gasteiger partial charge in [-0.3, -0.25) is 0 Å². The number of oxazole rings is 1. The van der Waals surface area contributed by atoms with E-state index in [2.05, 4.69) is 50.8 Å². The molecule has 0 spiro atoms. The van der Waals surface area contributed by atoms with Crippen molar-refractivity contribution in [2.45, 2.75) is 83.0 Å². The van der Waals surface area contributed by atoms with Gasteiger partial charge in [-0.05, 0) is 92.2 Å². The van der Waals surface area contributed by atoms with Crippen molar-refractivity contribution in [3.8, 4) is 11.5 Å². The number of piperidine rings is 1. The number of aliphatic hydroxyl groups excluding tert-OH is 1. The van der Waals surface area contributed by atoms with Crippen LogP contribution in [0.4, 0.5) is 0 Å². The highest BCUT2D eigenvalue weighted by Gasteiger charge is 2.41. The van der Waals surface area contributed by atoms with Crippen LogP contribution in [0.3, 0.4) is 0 Å². The van der Waals surface area contributed by atoms with E-state index in [-0.39, 0.29) is 10.8 Å². The first-order valence-electron chi connectivity index (χ1n) is 11.7. The average Bonchev–Trinajstić information content (AvgIpc) is 3.27. The minimum absolute atomic E-state index is 0.189. The topological polar surface area (TPSA) is 49.5 Å². The van der Waals surface area contributed by atoms with Crippen molar-refractivity contribution in [1.29, 1.82) is 0 Å². The van der Waals surface area contributed by atoms with Gasteiger partial charge in [-0.15, -0.1) is 0 Å². The van der Waals surface area contributed by atoms with E-state index < -0.39 is 0 Å². The third kappa shape index (κ3) is 4.36. The second-order valence-corrected chi connectivity index (χ2v) is 10.7. The van der Waals surface area contributed by atoms with Gasteiger partial charge in [0.2, 0.25) is 5.89 Å². The lowest BCUT2D eigenvalue weighted by Crippen LogP contribution is -2.33. The average molecular weight is 411 g/mol. The molecule has 1 aliphatic carbocycles. The van der Waals surface area contributed by atoms with Crippen molar-refractivity contribution in [2.75, 3.05) is 26.2 Å². The van der Waals surface area contributed by atoms with Crippen LogP contribution in [-0.4, -0.2) is 41.2 Å². The second-order valence-electron chi connectivity index (χ2n) is 10.7. The van der Waals surface area contributed by atoms with Gasteiger partial charge in [-0.1, -0.05) is 33.8 Å². The molecule has 2 aliphatic rings. The first kappa shape index (κ1) is 21.6. The Hall–Kier alpha value is -1.65. The van der Waals surface area contributed by atoms with Crippen molar-refractivity contribution in [3.05, 3.63) is 41.3 Å². The fourth-order valence-electron chi connectivity index (χ4n) is 5.81. The number of aromatic nitrogens is 1. The Balaban J connectivity index is 1.41. The van der Waals surface area contributed by atoms with Crippen LogP contribution >= 0.6 is 0 Å². The molecule has 2 heterocycles. The molecule has 0 unspecified atom stereocenters. The van der Waals surface area contributed by atoms with Crippen LogP contribution in [0.25, 0.3) is 11.5 Å². The molecule has 0 atom stereocenters. The molecule has 30 heavy (non-hydrogen) atoms. The van der Waals surface area contributed by atoms with Gasteiger partial charge in [0, 0.05) is 18.1 Å². The van der Waals surface area contributed by atoms with Gasteiger partial charge < -0.3 is 14.4 Å². The number of unbranched alkanes of at least 4 members (excludes halogenated alkanes) is 2. The molecule has 164 valence electrons. The number of likely N-dealkylation sites (tertiary alicyclic amines) is 1. The minimum Gasteiger partial charge on any atom is -0.444 e. The van der Waals surface area contributed by atoms with Gasteiger partial charge in [-0.25, -0.2) is 4.98 Å². The Morgan fingerprint density at radius 1 is 1.03 bits per heavy atom. The van der Waals surface area contributed by atoms with E-state index in [4.69, 9.17) is 14.5 Å². The van der Waals surface area contributed by atoms with E-state index >= 15 is 0 Å². The number of hydrogen-bond acceptors (Lipinski definition) is 4. The third-order valence-electron chi connectivity index (χ3n) is 7.27. The Kier molecular flexibility index (Phi) is 6.09. The highest BCUT2D eigenvalue weighted by Crippen LogP contribution is 2.50. The molecule has 1 N–H and O–H groups in total. The summed E-state index contributed by atoms with van der Waals surface area (Å²) >= 11 is 0. The summed E-state index contributed by atoms with van der Waals surface area (Å²) in [4.78, 5) is 7.47. The molecule has 1 saturated heterocycles. The molecule has 0 radical (unpaired) electrons. The summed E-state index contributed by atoms with van der Waals surface area (Å²) < 4.78 is 5.95. The summed E-state index contributed by atoms with van der Waals surface area (Å²) in [5.41, 5.74) is 5.55. The Morgan fingerprint density at radius 2 is 1.77 bits per heavy atom. The van der Waals surface area contributed by atoms with Gasteiger partial charge in [0.05, 0.1) is 5.69 Å². The highest BCUT2D eigenvalue weighted by molar-refractivity contribution is 5.60. The fraction of sp³-hybridized carbons (Fsp3) is 0.654. The van der Waals surface area contributed by atoms with Gasteiger partial charge >= 0.3 is 0 Å². The molecule has 2 aromatic rings. The second kappa shape index (κ2) is 8.47. The van der Waals surface area contributed by atoms with E-state index in [0.29, 0.717) is 12.5 Å². The van der Waals surface area contributed by atoms with E-state index in [9.17, 15) is 0 Å². The van der Waals surface area contributed by atoms with Gasteiger partial charge in [0.15, 0.2) is 0 Å². The van der Waals surface area contributed by atoms with Crippen LogP contribution < -0.4 is 0 Å². The van der Waals surface area contributed by atoms with Crippen molar-refractivity contribution >= 4 is 0 Å². The van der Waals surface area contributed by atoms with Crippen LogP contribution in [0.5, 0.6) is 0 Å². The van der Waals surface area contributed by atoms with Gasteiger partial charge in [0.1, 0.15) is 6.26 Å². The number of benzene rings is 1. The molecule has 0 amide bonds. The quantitative estimate of drug-likeness (QED) is 0.600. The molecular formula is C26H38N2O2. The van der Waals surface area contributed by atoms with Crippen LogP contribution in [0, 0.1) is 0 Å². The molecule has 1 aromatic carbocycles. The van der Waals surface area contributed by atoms with Crippen molar-refractivity contribution in [1.82, 2.24) is 9.88 Å². The smallest absolute Gasteiger partial charge is 0.226 e. The Labute approximate surface area is 181 Å². The summed E-state index contributed by atoms with van der Waals surface area (Å²) in [6, 6.07) is 6.79. The maximum absolute atomic E-state index is 8.91. The monoisotopic (exact) mass is 410 g/mol. The number of nitrogens with zero attached hydrogens (tertiary/aromatic N) is 2. The maximum Gasteiger partial charge on any atom is 0.226 e. The molecular weight excluding hydrogens is 372 g/mol. The molecule has 1 aromatic heterocycles. The predicted octanol–water partition coefficient (Wildman–Crippen LogP) is 5.64. The van der Waals surface area contributed by atoms with Gasteiger partial charge in [0.25, 0.3) is 0 Å². The lowest BCUT2D eigenvalue weighted by Gasteiger charge is -2.31. The summed E-state index contributed by atoms with van der Waals surface area (Å²) in [6.45, 7) is 13.1. The highest BCUT2D eigenvalue weighted by atomic mass is 16.3. The van der Waals surface area contributed by atoms with E-state index in [0.717, 1.165) is 62.5 Å². The normalized spacial score (nSPS) is 21.1. The molecule has 0 saturated carbocycles. The maximum atomic E-state index is 8.91. The van der Waals surface area contributed by atoms with Crippen molar-refractivity contribution < 1.29 is 9.52 Å². The van der Waals surface area contributed by atoms with E-state index in [1.165, 1.54) is 24.0 Å². The SMILES string of the molecule is CC1(C)CC(C)(C)c2cc(-c3nc(C4CCN(CCCCCO)CC4)co3)ccc21. The van der Waals surface area contributed by atoms with Crippen LogP contribution in [0.15, 0.2) is 28.9 Å².